The van der Waals surface area contributed by atoms with Crippen molar-refractivity contribution in [1.29, 1.82) is 0 Å². The van der Waals surface area contributed by atoms with Gasteiger partial charge in [-0.1, -0.05) is 133 Å². The van der Waals surface area contributed by atoms with Crippen LogP contribution in [0.5, 0.6) is 0 Å². The first-order valence-corrected chi connectivity index (χ1v) is 16.7. The van der Waals surface area contributed by atoms with Gasteiger partial charge < -0.3 is 28.4 Å². The first kappa shape index (κ1) is 34.7. The number of rotatable bonds is 15. The Labute approximate surface area is 292 Å². The summed E-state index contributed by atoms with van der Waals surface area (Å²) in [5, 5.41) is 0. The second-order valence-electron chi connectivity index (χ2n) is 11.9. The van der Waals surface area contributed by atoms with Gasteiger partial charge in [-0.05, 0) is 34.4 Å². The fraction of sp³-hybridized carbons (Fsp3) is 0.238. The van der Waals surface area contributed by atoms with Crippen LogP contribution in [0.25, 0.3) is 0 Å². The molecule has 6 rings (SSSR count). The predicted molar refractivity (Wildman–Crippen MR) is 187 cm³/mol. The Bertz CT molecular complexity index is 1770. The number of carbonyl (C=O) groups is 2. The Kier molecular flexibility index (Phi) is 12.5. The van der Waals surface area contributed by atoms with Crippen molar-refractivity contribution < 1.29 is 38.0 Å². The molecule has 1 saturated heterocycles. The number of hydrogen-bond donors (Lipinski definition) is 0. The van der Waals surface area contributed by atoms with E-state index in [0.717, 1.165) is 22.3 Å². The van der Waals surface area contributed by atoms with Crippen LogP contribution in [-0.2, 0) is 54.8 Å². The normalized spacial score (nSPS) is 18.6. The summed E-state index contributed by atoms with van der Waals surface area (Å²) in [5.41, 5.74) is 4.03. The minimum Gasteiger partial charge on any atom is -0.457 e. The molecular weight excluding hydrogens is 632 g/mol. The largest absolute Gasteiger partial charge is 0.457 e. The van der Waals surface area contributed by atoms with Crippen molar-refractivity contribution in [2.45, 2.75) is 57.5 Å². The van der Waals surface area contributed by atoms with Gasteiger partial charge >= 0.3 is 11.9 Å². The molecule has 0 bridgehead atoms. The van der Waals surface area contributed by atoms with Crippen LogP contribution in [-0.4, -0.2) is 43.1 Å². The third kappa shape index (κ3) is 9.96. The van der Waals surface area contributed by atoms with Crippen molar-refractivity contribution in [3.8, 4) is 0 Å². The van der Waals surface area contributed by atoms with E-state index in [1.165, 1.54) is 0 Å². The molecule has 1 aliphatic rings. The van der Waals surface area contributed by atoms with Crippen LogP contribution in [0, 0.1) is 0 Å². The van der Waals surface area contributed by atoms with Crippen molar-refractivity contribution in [3.63, 3.8) is 0 Å². The third-order valence-electron chi connectivity index (χ3n) is 8.29. The van der Waals surface area contributed by atoms with E-state index in [4.69, 9.17) is 28.4 Å². The number of carbonyl (C=O) groups excluding carboxylic acids is 2. The molecule has 0 amide bonds. The molecule has 0 N–H and O–H groups in total. The standard InChI is InChI=1S/C42H40O8/c43-41(48-29-34-21-11-4-12-22-34)35-23-13-14-24-36(35)42(44)50-39-25-37(46-27-32-17-7-2-8-18-32)40(47-28-33-19-9-3-10-20-33)38(49-39)30-45-26-31-15-5-1-6-16-31/h1-24,37-40H,25-30H2/t37-,38-,39?,40+/m1/s1. The number of hydrogen-bond acceptors (Lipinski definition) is 8. The van der Waals surface area contributed by atoms with Crippen molar-refractivity contribution in [3.05, 3.63) is 179 Å². The van der Waals surface area contributed by atoms with Crippen LogP contribution in [0.1, 0.15) is 49.4 Å². The van der Waals surface area contributed by atoms with E-state index >= 15 is 0 Å². The quantitative estimate of drug-likeness (QED) is 0.105. The second kappa shape index (κ2) is 18.0. The molecule has 1 aliphatic heterocycles. The van der Waals surface area contributed by atoms with E-state index in [2.05, 4.69) is 0 Å². The van der Waals surface area contributed by atoms with E-state index in [9.17, 15) is 9.59 Å². The lowest BCUT2D eigenvalue weighted by molar-refractivity contribution is -0.264. The Hall–Kier alpha value is -5.12. The lowest BCUT2D eigenvalue weighted by Crippen LogP contribution is -2.53. The van der Waals surface area contributed by atoms with Crippen LogP contribution < -0.4 is 0 Å². The SMILES string of the molecule is O=C(OCc1ccccc1)c1ccccc1C(=O)OC1C[C@@H](OCc2ccccc2)[C@H](OCc2ccccc2)[C@@H](COCc2ccccc2)O1. The molecule has 0 radical (unpaired) electrons. The molecule has 1 unspecified atom stereocenters. The molecule has 8 heteroatoms. The van der Waals surface area contributed by atoms with Crippen LogP contribution in [0.3, 0.4) is 0 Å². The molecule has 1 heterocycles. The van der Waals surface area contributed by atoms with Gasteiger partial charge in [0.1, 0.15) is 18.8 Å². The molecule has 4 atom stereocenters. The zero-order valence-corrected chi connectivity index (χ0v) is 27.7. The average Bonchev–Trinajstić information content (AvgIpc) is 3.17. The maximum absolute atomic E-state index is 13.7. The molecule has 0 saturated carbocycles. The highest BCUT2D eigenvalue weighted by atomic mass is 16.7. The van der Waals surface area contributed by atoms with E-state index in [-0.39, 0.29) is 30.8 Å². The first-order chi connectivity index (χ1) is 24.6. The minimum absolute atomic E-state index is 0.0737. The summed E-state index contributed by atoms with van der Waals surface area (Å²) in [6, 6.07) is 45.4. The Morgan fingerprint density at radius 1 is 0.540 bits per heavy atom. The van der Waals surface area contributed by atoms with E-state index in [1.807, 2.05) is 121 Å². The molecule has 256 valence electrons. The lowest BCUT2D eigenvalue weighted by Gasteiger charge is -2.41. The molecular formula is C42H40O8. The van der Waals surface area contributed by atoms with Gasteiger partial charge in [0.05, 0.1) is 43.7 Å². The van der Waals surface area contributed by atoms with Crippen LogP contribution in [0.2, 0.25) is 0 Å². The van der Waals surface area contributed by atoms with E-state index < -0.39 is 36.5 Å². The first-order valence-electron chi connectivity index (χ1n) is 16.7. The fourth-order valence-electron chi connectivity index (χ4n) is 5.71. The smallest absolute Gasteiger partial charge is 0.341 e. The summed E-state index contributed by atoms with van der Waals surface area (Å²) in [4.78, 5) is 26.8. The van der Waals surface area contributed by atoms with Crippen LogP contribution >= 0.6 is 0 Å². The van der Waals surface area contributed by atoms with Gasteiger partial charge in [-0.2, -0.15) is 0 Å². The topological polar surface area (TPSA) is 89.5 Å². The summed E-state index contributed by atoms with van der Waals surface area (Å²) in [6.07, 6.45) is -2.49. The molecule has 0 aliphatic carbocycles. The molecule has 50 heavy (non-hydrogen) atoms. The second-order valence-corrected chi connectivity index (χ2v) is 11.9. The highest BCUT2D eigenvalue weighted by Gasteiger charge is 2.42. The summed E-state index contributed by atoms with van der Waals surface area (Å²) < 4.78 is 37.0. The molecule has 5 aromatic carbocycles. The number of ether oxygens (including phenoxy) is 6. The number of benzene rings is 5. The zero-order valence-electron chi connectivity index (χ0n) is 27.7. The zero-order chi connectivity index (χ0) is 34.4. The Morgan fingerprint density at radius 3 is 1.56 bits per heavy atom. The van der Waals surface area contributed by atoms with Gasteiger partial charge in [-0.15, -0.1) is 0 Å². The third-order valence-corrected chi connectivity index (χ3v) is 8.29. The van der Waals surface area contributed by atoms with Crippen molar-refractivity contribution in [2.75, 3.05) is 6.61 Å². The van der Waals surface area contributed by atoms with Crippen molar-refractivity contribution in [1.82, 2.24) is 0 Å². The van der Waals surface area contributed by atoms with Gasteiger partial charge in [-0.25, -0.2) is 9.59 Å². The van der Waals surface area contributed by atoms with E-state index in [0.29, 0.717) is 19.8 Å². The van der Waals surface area contributed by atoms with Crippen molar-refractivity contribution in [2.24, 2.45) is 0 Å². The van der Waals surface area contributed by atoms with E-state index in [1.54, 1.807) is 24.3 Å². The fourth-order valence-corrected chi connectivity index (χ4v) is 5.71. The van der Waals surface area contributed by atoms with Gasteiger partial charge in [0.2, 0.25) is 6.29 Å². The highest BCUT2D eigenvalue weighted by Crippen LogP contribution is 2.29. The average molecular weight is 673 g/mol. The summed E-state index contributed by atoms with van der Waals surface area (Å²) in [6.45, 7) is 1.26. The molecule has 8 nitrogen and oxygen atoms in total. The maximum Gasteiger partial charge on any atom is 0.341 e. The minimum atomic E-state index is -1.00. The van der Waals surface area contributed by atoms with Crippen LogP contribution in [0.4, 0.5) is 0 Å². The molecule has 0 aromatic heterocycles. The van der Waals surface area contributed by atoms with Gasteiger partial charge in [-0.3, -0.25) is 0 Å². The lowest BCUT2D eigenvalue weighted by atomic mass is 10.0. The van der Waals surface area contributed by atoms with Gasteiger partial charge in [0, 0.05) is 6.42 Å². The summed E-state index contributed by atoms with van der Waals surface area (Å²) in [5.74, 6) is -1.34. The Morgan fingerprint density at radius 2 is 1.00 bits per heavy atom. The molecule has 0 spiro atoms. The predicted octanol–water partition coefficient (Wildman–Crippen LogP) is 7.70. The summed E-state index contributed by atoms with van der Waals surface area (Å²) >= 11 is 0. The maximum atomic E-state index is 13.7. The van der Waals surface area contributed by atoms with Crippen molar-refractivity contribution >= 4 is 11.9 Å². The highest BCUT2D eigenvalue weighted by molar-refractivity contribution is 6.03. The van der Waals surface area contributed by atoms with Gasteiger partial charge in [0.25, 0.3) is 0 Å². The van der Waals surface area contributed by atoms with Crippen LogP contribution in [0.15, 0.2) is 146 Å². The van der Waals surface area contributed by atoms with Gasteiger partial charge in [0.15, 0.2) is 0 Å². The summed E-state index contributed by atoms with van der Waals surface area (Å²) in [7, 11) is 0. The number of esters is 2. The monoisotopic (exact) mass is 672 g/mol. The molecule has 1 fully saturated rings. The molecule has 5 aromatic rings. The Balaban J connectivity index is 1.19.